The van der Waals surface area contributed by atoms with Gasteiger partial charge in [-0.15, -0.1) is 11.8 Å². The maximum atomic E-state index is 13.5. The Hall–Kier alpha value is -5.35. The summed E-state index contributed by atoms with van der Waals surface area (Å²) in [6, 6.07) is 27.3. The highest BCUT2D eigenvalue weighted by Crippen LogP contribution is 2.29. The molecule has 4 rings (SSSR count). The molecule has 1 unspecified atom stereocenters. The van der Waals surface area contributed by atoms with Gasteiger partial charge in [0.15, 0.2) is 0 Å². The number of hydrogen-bond acceptors (Lipinski definition) is 6. The van der Waals surface area contributed by atoms with E-state index < -0.39 is 23.0 Å². The molecular formula is C35H33N3O6S. The van der Waals surface area contributed by atoms with Crippen LogP contribution in [0.4, 0.5) is 11.4 Å². The molecule has 10 heteroatoms. The van der Waals surface area contributed by atoms with Crippen LogP contribution in [0.5, 0.6) is 5.75 Å². The third-order valence-corrected chi connectivity index (χ3v) is 8.07. The highest BCUT2D eigenvalue weighted by Gasteiger charge is 2.20. The van der Waals surface area contributed by atoms with Crippen LogP contribution < -0.4 is 20.7 Å². The Labute approximate surface area is 265 Å². The first-order valence-corrected chi connectivity index (χ1v) is 15.0. The van der Waals surface area contributed by atoms with Gasteiger partial charge in [0, 0.05) is 21.8 Å². The van der Waals surface area contributed by atoms with Crippen molar-refractivity contribution in [3.63, 3.8) is 0 Å². The monoisotopic (exact) mass is 623 g/mol. The molecular weight excluding hydrogens is 590 g/mol. The average Bonchev–Trinajstić information content (AvgIpc) is 3.04. The summed E-state index contributed by atoms with van der Waals surface area (Å²) in [6.07, 6.45) is 2.07. The Kier molecular flexibility index (Phi) is 11.1. The van der Waals surface area contributed by atoms with Gasteiger partial charge in [0.25, 0.3) is 11.8 Å². The van der Waals surface area contributed by atoms with E-state index in [4.69, 9.17) is 4.74 Å². The number of carboxylic acid groups (broad SMARTS) is 1. The van der Waals surface area contributed by atoms with Gasteiger partial charge in [0.05, 0.1) is 17.9 Å². The molecule has 0 fully saturated rings. The Morgan fingerprint density at radius 1 is 0.867 bits per heavy atom. The quantitative estimate of drug-likeness (QED) is 0.103. The zero-order chi connectivity index (χ0) is 32.3. The highest BCUT2D eigenvalue weighted by atomic mass is 32.2. The normalized spacial score (nSPS) is 11.7. The van der Waals surface area contributed by atoms with Crippen molar-refractivity contribution in [2.24, 2.45) is 0 Å². The molecule has 3 amide bonds. The third kappa shape index (κ3) is 9.07. The van der Waals surface area contributed by atoms with Crippen molar-refractivity contribution in [3.05, 3.63) is 125 Å². The largest absolute Gasteiger partial charge is 0.497 e. The first kappa shape index (κ1) is 32.6. The summed E-state index contributed by atoms with van der Waals surface area (Å²) >= 11 is 1.32. The number of anilines is 2. The van der Waals surface area contributed by atoms with E-state index in [0.717, 1.165) is 10.5 Å². The van der Waals surface area contributed by atoms with Gasteiger partial charge < -0.3 is 25.8 Å². The minimum absolute atomic E-state index is 0.0277. The Balaban J connectivity index is 1.52. The van der Waals surface area contributed by atoms with Crippen LogP contribution >= 0.6 is 11.8 Å². The zero-order valence-electron chi connectivity index (χ0n) is 25.0. The third-order valence-electron chi connectivity index (χ3n) is 6.71. The maximum absolute atomic E-state index is 13.5. The molecule has 4 aromatic carbocycles. The molecule has 0 bridgehead atoms. The molecule has 0 heterocycles. The van der Waals surface area contributed by atoms with Crippen LogP contribution in [0.1, 0.15) is 45.2 Å². The summed E-state index contributed by atoms with van der Waals surface area (Å²) in [5.41, 5.74) is 2.81. The van der Waals surface area contributed by atoms with Gasteiger partial charge in [-0.1, -0.05) is 49.4 Å². The number of nitrogens with one attached hydrogen (secondary N) is 3. The summed E-state index contributed by atoms with van der Waals surface area (Å²) in [5, 5.41) is 17.3. The lowest BCUT2D eigenvalue weighted by atomic mass is 10.1. The first-order chi connectivity index (χ1) is 21.7. The number of carbonyl (C=O) groups excluding carboxylic acids is 3. The van der Waals surface area contributed by atoms with Crippen molar-refractivity contribution < 1.29 is 29.0 Å². The molecule has 0 radical (unpaired) electrons. The Bertz CT molecular complexity index is 1740. The number of aryl methyl sites for hydroxylation is 1. The van der Waals surface area contributed by atoms with E-state index in [1.165, 1.54) is 23.9 Å². The van der Waals surface area contributed by atoms with Crippen LogP contribution in [0, 0.1) is 6.92 Å². The fraction of sp³-hybridized carbons (Fsp3) is 0.143. The number of carboxylic acids is 1. The SMILES string of the molecule is CCC(Sc1cccc(NC(=O)/C(=C/c2cccc(OC)c2)NC(=O)c2ccccc2)c1)C(=O)Nc1cc(C(=O)O)ccc1C. The topological polar surface area (TPSA) is 134 Å². The minimum atomic E-state index is -1.08. The molecule has 0 aliphatic carbocycles. The number of hydrogen-bond donors (Lipinski definition) is 4. The average molecular weight is 624 g/mol. The van der Waals surface area contributed by atoms with Crippen LogP contribution in [-0.2, 0) is 9.59 Å². The van der Waals surface area contributed by atoms with Crippen LogP contribution in [0.2, 0.25) is 0 Å². The van der Waals surface area contributed by atoms with Crippen LogP contribution in [0.15, 0.2) is 108 Å². The second-order valence-electron chi connectivity index (χ2n) is 9.98. The van der Waals surface area contributed by atoms with E-state index in [-0.39, 0.29) is 17.2 Å². The first-order valence-electron chi connectivity index (χ1n) is 14.1. The lowest BCUT2D eigenvalue weighted by Gasteiger charge is -2.17. The number of carbonyl (C=O) groups is 4. The molecule has 4 aromatic rings. The second-order valence-corrected chi connectivity index (χ2v) is 11.3. The minimum Gasteiger partial charge on any atom is -0.497 e. The van der Waals surface area contributed by atoms with E-state index in [1.54, 1.807) is 99.0 Å². The summed E-state index contributed by atoms with van der Waals surface area (Å²) in [4.78, 5) is 51.8. The second kappa shape index (κ2) is 15.4. The van der Waals surface area contributed by atoms with Crippen molar-refractivity contribution in [1.82, 2.24) is 5.32 Å². The lowest BCUT2D eigenvalue weighted by Crippen LogP contribution is -2.30. The van der Waals surface area contributed by atoms with E-state index in [0.29, 0.717) is 34.7 Å². The van der Waals surface area contributed by atoms with E-state index in [2.05, 4.69) is 16.0 Å². The summed E-state index contributed by atoms with van der Waals surface area (Å²) in [5.74, 6) is -1.73. The van der Waals surface area contributed by atoms with Gasteiger partial charge in [-0.2, -0.15) is 0 Å². The fourth-order valence-electron chi connectivity index (χ4n) is 4.28. The van der Waals surface area contributed by atoms with Gasteiger partial charge >= 0.3 is 5.97 Å². The molecule has 0 saturated heterocycles. The molecule has 45 heavy (non-hydrogen) atoms. The van der Waals surface area contributed by atoms with Gasteiger partial charge in [-0.05, 0) is 85.1 Å². The molecule has 0 saturated carbocycles. The maximum Gasteiger partial charge on any atom is 0.335 e. The Morgan fingerprint density at radius 3 is 2.33 bits per heavy atom. The molecule has 1 atom stereocenters. The van der Waals surface area contributed by atoms with Gasteiger partial charge in [0.1, 0.15) is 11.4 Å². The van der Waals surface area contributed by atoms with Gasteiger partial charge in [-0.3, -0.25) is 14.4 Å². The molecule has 0 aliphatic rings. The van der Waals surface area contributed by atoms with Crippen LogP contribution in [0.25, 0.3) is 6.08 Å². The van der Waals surface area contributed by atoms with Crippen molar-refractivity contribution in [3.8, 4) is 5.75 Å². The molecule has 0 aliphatic heterocycles. The fourth-order valence-corrected chi connectivity index (χ4v) is 5.29. The smallest absolute Gasteiger partial charge is 0.335 e. The predicted molar refractivity (Wildman–Crippen MR) is 177 cm³/mol. The molecule has 0 aromatic heterocycles. The van der Waals surface area contributed by atoms with Crippen molar-refractivity contribution in [2.45, 2.75) is 30.4 Å². The number of amides is 3. The van der Waals surface area contributed by atoms with Gasteiger partial charge in [0.2, 0.25) is 5.91 Å². The Morgan fingerprint density at radius 2 is 1.62 bits per heavy atom. The van der Waals surface area contributed by atoms with Crippen LogP contribution in [-0.4, -0.2) is 41.2 Å². The van der Waals surface area contributed by atoms with E-state index in [9.17, 15) is 24.3 Å². The molecule has 230 valence electrons. The standard InChI is InChI=1S/C35H33N3O6S/c1-4-31(34(41)37-29-20-25(35(42)43)17-16-22(29)2)45-28-15-9-13-26(21-28)36-33(40)30(19-23-10-8-14-27(18-23)44-3)38-32(39)24-11-6-5-7-12-24/h5-21,31H,4H2,1-3H3,(H,36,40)(H,37,41)(H,38,39)(H,42,43)/b30-19-. The molecule has 0 spiro atoms. The van der Waals surface area contributed by atoms with Crippen molar-refractivity contribution >= 4 is 52.9 Å². The van der Waals surface area contributed by atoms with Gasteiger partial charge in [-0.25, -0.2) is 4.79 Å². The van der Waals surface area contributed by atoms with E-state index in [1.807, 2.05) is 13.0 Å². The highest BCUT2D eigenvalue weighted by molar-refractivity contribution is 8.00. The molecule has 4 N–H and O–H groups in total. The number of rotatable bonds is 12. The molecule has 9 nitrogen and oxygen atoms in total. The summed E-state index contributed by atoms with van der Waals surface area (Å²) < 4.78 is 5.30. The number of methoxy groups -OCH3 is 1. The summed E-state index contributed by atoms with van der Waals surface area (Å²) in [7, 11) is 1.54. The van der Waals surface area contributed by atoms with Crippen LogP contribution in [0.3, 0.4) is 0 Å². The van der Waals surface area contributed by atoms with E-state index >= 15 is 0 Å². The van der Waals surface area contributed by atoms with Crippen molar-refractivity contribution in [2.75, 3.05) is 17.7 Å². The predicted octanol–water partition coefficient (Wildman–Crippen LogP) is 6.62. The lowest BCUT2D eigenvalue weighted by molar-refractivity contribution is -0.116. The summed E-state index contributed by atoms with van der Waals surface area (Å²) in [6.45, 7) is 3.68. The number of aromatic carboxylic acids is 1. The zero-order valence-corrected chi connectivity index (χ0v) is 25.8. The number of ether oxygens (including phenoxy) is 1. The number of thioether (sulfide) groups is 1. The number of benzene rings is 4. The van der Waals surface area contributed by atoms with Crippen molar-refractivity contribution in [1.29, 1.82) is 0 Å².